The third-order valence-corrected chi connectivity index (χ3v) is 5.76. The van der Waals surface area contributed by atoms with Crippen LogP contribution in [0.25, 0.3) is 6.08 Å². The average Bonchev–Trinajstić information content (AvgIpc) is 3.03. The van der Waals surface area contributed by atoms with Crippen molar-refractivity contribution in [1.82, 2.24) is 0 Å². The summed E-state index contributed by atoms with van der Waals surface area (Å²) in [6.45, 7) is 4.39. The van der Waals surface area contributed by atoms with E-state index in [0.717, 1.165) is 27.3 Å². The first-order valence-electron chi connectivity index (χ1n) is 9.65. The van der Waals surface area contributed by atoms with Crippen LogP contribution in [-0.2, 0) is 11.2 Å². The molecule has 3 rings (SSSR count). The van der Waals surface area contributed by atoms with E-state index in [1.807, 2.05) is 68.4 Å². The molecule has 1 aromatic heterocycles. The standard InChI is InChI=1S/C24H24N2O3S/c1-3-29-19-12-9-17(10-13-19)11-14-21(27)26-24-22(23(25)28)16(2)20(30-24)15-18-7-5-4-6-8-18/h4-14H,3,15H2,1-2H3,(H2,25,28)(H,26,27)/b14-11+. The van der Waals surface area contributed by atoms with Crippen LogP contribution in [0, 0.1) is 6.92 Å². The van der Waals surface area contributed by atoms with Crippen LogP contribution in [0.1, 0.15) is 38.8 Å². The number of nitrogens with two attached hydrogens (primary N) is 1. The van der Waals surface area contributed by atoms with Crippen LogP contribution in [0.4, 0.5) is 5.00 Å². The number of hydrogen-bond donors (Lipinski definition) is 2. The lowest BCUT2D eigenvalue weighted by Crippen LogP contribution is -2.16. The highest BCUT2D eigenvalue weighted by molar-refractivity contribution is 7.17. The van der Waals surface area contributed by atoms with Crippen LogP contribution in [0.15, 0.2) is 60.7 Å². The monoisotopic (exact) mass is 420 g/mol. The number of benzene rings is 2. The van der Waals surface area contributed by atoms with Crippen LogP contribution in [0.5, 0.6) is 5.75 Å². The summed E-state index contributed by atoms with van der Waals surface area (Å²) in [6.07, 6.45) is 3.82. The highest BCUT2D eigenvalue weighted by Gasteiger charge is 2.20. The smallest absolute Gasteiger partial charge is 0.251 e. The Labute approximate surface area is 180 Å². The maximum Gasteiger partial charge on any atom is 0.251 e. The van der Waals surface area contributed by atoms with Crippen molar-refractivity contribution in [3.63, 3.8) is 0 Å². The SMILES string of the molecule is CCOc1ccc(/C=C/C(=O)Nc2sc(Cc3ccccc3)c(C)c2C(N)=O)cc1. The summed E-state index contributed by atoms with van der Waals surface area (Å²) in [4.78, 5) is 25.4. The lowest BCUT2D eigenvalue weighted by atomic mass is 10.1. The van der Waals surface area contributed by atoms with E-state index in [2.05, 4.69) is 5.32 Å². The second-order valence-electron chi connectivity index (χ2n) is 6.71. The number of hydrogen-bond acceptors (Lipinski definition) is 4. The van der Waals surface area contributed by atoms with Crippen molar-refractivity contribution in [2.45, 2.75) is 20.3 Å². The van der Waals surface area contributed by atoms with Crippen molar-refractivity contribution >= 4 is 34.2 Å². The first-order chi connectivity index (χ1) is 14.5. The minimum atomic E-state index is -0.547. The molecule has 30 heavy (non-hydrogen) atoms. The van der Waals surface area contributed by atoms with Gasteiger partial charge in [-0.3, -0.25) is 9.59 Å². The molecular weight excluding hydrogens is 396 g/mol. The molecule has 2 aromatic carbocycles. The molecule has 1 heterocycles. The molecule has 0 saturated carbocycles. The largest absolute Gasteiger partial charge is 0.494 e. The van der Waals surface area contributed by atoms with Gasteiger partial charge in [0.1, 0.15) is 10.8 Å². The van der Waals surface area contributed by atoms with Gasteiger partial charge in [0, 0.05) is 17.4 Å². The highest BCUT2D eigenvalue weighted by Crippen LogP contribution is 2.34. The highest BCUT2D eigenvalue weighted by atomic mass is 32.1. The van der Waals surface area contributed by atoms with Gasteiger partial charge in [0.2, 0.25) is 5.91 Å². The van der Waals surface area contributed by atoms with E-state index >= 15 is 0 Å². The van der Waals surface area contributed by atoms with E-state index in [1.165, 1.54) is 17.4 Å². The quantitative estimate of drug-likeness (QED) is 0.514. The number of carbonyl (C=O) groups excluding carboxylic acids is 2. The fourth-order valence-corrected chi connectivity index (χ4v) is 4.31. The molecule has 0 aliphatic carbocycles. The molecule has 0 spiro atoms. The van der Waals surface area contributed by atoms with Crippen molar-refractivity contribution in [2.24, 2.45) is 5.73 Å². The molecule has 0 atom stereocenters. The number of nitrogens with one attached hydrogen (secondary N) is 1. The van der Waals surface area contributed by atoms with E-state index in [1.54, 1.807) is 6.08 Å². The van der Waals surface area contributed by atoms with Gasteiger partial charge in [-0.05, 0) is 48.7 Å². The van der Waals surface area contributed by atoms with Gasteiger partial charge in [-0.2, -0.15) is 0 Å². The molecule has 0 fully saturated rings. The minimum Gasteiger partial charge on any atom is -0.494 e. The van der Waals surface area contributed by atoms with Gasteiger partial charge in [0.15, 0.2) is 0 Å². The van der Waals surface area contributed by atoms with Gasteiger partial charge in [-0.15, -0.1) is 11.3 Å². The molecule has 2 amide bonds. The Morgan fingerprint density at radius 2 is 1.80 bits per heavy atom. The van der Waals surface area contributed by atoms with Gasteiger partial charge < -0.3 is 15.8 Å². The number of carbonyl (C=O) groups is 2. The Morgan fingerprint density at radius 1 is 1.10 bits per heavy atom. The summed E-state index contributed by atoms with van der Waals surface area (Å²) in [5.41, 5.74) is 8.77. The predicted octanol–water partition coefficient (Wildman–Crippen LogP) is 4.80. The van der Waals surface area contributed by atoms with Gasteiger partial charge in [0.05, 0.1) is 12.2 Å². The van der Waals surface area contributed by atoms with Gasteiger partial charge in [-0.1, -0.05) is 42.5 Å². The summed E-state index contributed by atoms with van der Waals surface area (Å²) in [5, 5.41) is 3.29. The number of thiophene rings is 1. The van der Waals surface area contributed by atoms with Gasteiger partial charge in [0.25, 0.3) is 5.91 Å². The molecule has 0 unspecified atom stereocenters. The van der Waals surface area contributed by atoms with Crippen LogP contribution >= 0.6 is 11.3 Å². The lowest BCUT2D eigenvalue weighted by Gasteiger charge is -2.03. The molecule has 3 N–H and O–H groups in total. The first-order valence-corrected chi connectivity index (χ1v) is 10.5. The maximum absolute atomic E-state index is 12.4. The van der Waals surface area contributed by atoms with Crippen LogP contribution in [0.3, 0.4) is 0 Å². The first kappa shape index (κ1) is 21.3. The second-order valence-corrected chi connectivity index (χ2v) is 7.81. The molecule has 6 heteroatoms. The zero-order valence-corrected chi connectivity index (χ0v) is 17.8. The number of ether oxygens (including phenoxy) is 1. The molecule has 5 nitrogen and oxygen atoms in total. The summed E-state index contributed by atoms with van der Waals surface area (Å²) in [7, 11) is 0. The summed E-state index contributed by atoms with van der Waals surface area (Å²) in [6, 6.07) is 17.4. The van der Waals surface area contributed by atoms with Crippen molar-refractivity contribution in [3.05, 3.63) is 87.8 Å². The Hall–Kier alpha value is -3.38. The van der Waals surface area contributed by atoms with E-state index in [9.17, 15) is 9.59 Å². The van der Waals surface area contributed by atoms with Crippen LogP contribution in [0.2, 0.25) is 0 Å². The molecular formula is C24H24N2O3S. The zero-order valence-electron chi connectivity index (χ0n) is 17.0. The molecule has 0 aliphatic rings. The Bertz CT molecular complexity index is 1050. The molecule has 0 aliphatic heterocycles. The molecule has 0 saturated heterocycles. The van der Waals surface area contributed by atoms with Crippen LogP contribution < -0.4 is 15.8 Å². The predicted molar refractivity (Wildman–Crippen MR) is 122 cm³/mol. The number of primary amides is 1. The summed E-state index contributed by atoms with van der Waals surface area (Å²) in [5.74, 6) is -0.0852. The third kappa shape index (κ3) is 5.36. The summed E-state index contributed by atoms with van der Waals surface area (Å²) >= 11 is 1.38. The Kier molecular flexibility index (Phi) is 7.03. The lowest BCUT2D eigenvalue weighted by molar-refractivity contribution is -0.111. The zero-order chi connectivity index (χ0) is 21.5. The molecule has 0 bridgehead atoms. The number of anilines is 1. The Morgan fingerprint density at radius 3 is 2.43 bits per heavy atom. The van der Waals surface area contributed by atoms with Crippen molar-refractivity contribution in [1.29, 1.82) is 0 Å². The Balaban J connectivity index is 1.75. The van der Waals surface area contributed by atoms with Crippen molar-refractivity contribution in [2.75, 3.05) is 11.9 Å². The topological polar surface area (TPSA) is 81.4 Å². The van der Waals surface area contributed by atoms with E-state index in [-0.39, 0.29) is 5.91 Å². The fraction of sp³-hybridized carbons (Fsp3) is 0.167. The normalized spacial score (nSPS) is 10.9. The average molecular weight is 421 g/mol. The number of rotatable bonds is 8. The second kappa shape index (κ2) is 9.89. The summed E-state index contributed by atoms with van der Waals surface area (Å²) < 4.78 is 5.41. The maximum atomic E-state index is 12.4. The van der Waals surface area contributed by atoms with Crippen LogP contribution in [-0.4, -0.2) is 18.4 Å². The molecule has 154 valence electrons. The fourth-order valence-electron chi connectivity index (χ4n) is 3.06. The van der Waals surface area contributed by atoms with Gasteiger partial charge in [-0.25, -0.2) is 0 Å². The van der Waals surface area contributed by atoms with Crippen molar-refractivity contribution < 1.29 is 14.3 Å². The van der Waals surface area contributed by atoms with Crippen molar-refractivity contribution in [3.8, 4) is 5.75 Å². The minimum absolute atomic E-state index is 0.320. The van der Waals surface area contributed by atoms with E-state index < -0.39 is 5.91 Å². The van der Waals surface area contributed by atoms with Gasteiger partial charge >= 0.3 is 0 Å². The third-order valence-electron chi connectivity index (χ3n) is 4.55. The number of amides is 2. The van der Waals surface area contributed by atoms with E-state index in [0.29, 0.717) is 23.6 Å². The molecule has 0 radical (unpaired) electrons. The molecule has 3 aromatic rings. The van der Waals surface area contributed by atoms with E-state index in [4.69, 9.17) is 10.5 Å².